The minimum absolute atomic E-state index is 0.152. The van der Waals surface area contributed by atoms with Gasteiger partial charge in [-0.25, -0.2) is 0 Å². The van der Waals surface area contributed by atoms with E-state index in [1.165, 1.54) is 0 Å². The minimum Gasteiger partial charge on any atom is -0.354 e. The number of unbranched alkanes of at least 4 members (excludes halogenated alkanes) is 1. The second-order valence-electron chi connectivity index (χ2n) is 3.45. The van der Waals surface area contributed by atoms with E-state index in [1.807, 2.05) is 0 Å². The van der Waals surface area contributed by atoms with Crippen molar-refractivity contribution < 1.29 is 18.0 Å². The van der Waals surface area contributed by atoms with Gasteiger partial charge < -0.3 is 16.8 Å². The number of carbonyl (C=O) groups is 1. The molecule has 0 aliphatic heterocycles. The highest BCUT2D eigenvalue weighted by Gasteiger charge is 2.53. The smallest absolute Gasteiger partial charge is 0.354 e. The van der Waals surface area contributed by atoms with Gasteiger partial charge in [-0.3, -0.25) is 4.79 Å². The number of alkyl halides is 3. The van der Waals surface area contributed by atoms with Crippen molar-refractivity contribution in [3.8, 4) is 0 Å². The number of rotatable bonds is 5. The highest BCUT2D eigenvalue weighted by molar-refractivity contribution is 5.86. The number of halogens is 3. The summed E-state index contributed by atoms with van der Waals surface area (Å²) in [6.45, 7) is 1.24. The van der Waals surface area contributed by atoms with E-state index in [0.717, 1.165) is 0 Å². The molecular weight excluding hydrogens is 211 g/mol. The first-order chi connectivity index (χ1) is 6.73. The second kappa shape index (κ2) is 5.32. The highest BCUT2D eigenvalue weighted by Crippen LogP contribution is 2.27. The van der Waals surface area contributed by atoms with Crippen LogP contribution in [0, 0.1) is 0 Å². The van der Waals surface area contributed by atoms with Crippen LogP contribution in [0.1, 0.15) is 19.8 Å². The Labute approximate surface area is 86.2 Å². The zero-order valence-electron chi connectivity index (χ0n) is 8.53. The lowest BCUT2D eigenvalue weighted by atomic mass is 10.0. The van der Waals surface area contributed by atoms with Crippen molar-refractivity contribution in [2.75, 3.05) is 13.1 Å². The van der Waals surface area contributed by atoms with Gasteiger partial charge in [-0.2, -0.15) is 13.2 Å². The van der Waals surface area contributed by atoms with Crippen molar-refractivity contribution in [1.29, 1.82) is 0 Å². The van der Waals surface area contributed by atoms with E-state index >= 15 is 0 Å². The van der Waals surface area contributed by atoms with Gasteiger partial charge in [0.05, 0.1) is 0 Å². The van der Waals surface area contributed by atoms with E-state index in [0.29, 0.717) is 26.3 Å². The summed E-state index contributed by atoms with van der Waals surface area (Å²) < 4.78 is 36.8. The Balaban J connectivity index is 4.10. The average Bonchev–Trinajstić information content (AvgIpc) is 2.10. The first kappa shape index (κ1) is 14.2. The summed E-state index contributed by atoms with van der Waals surface area (Å²) in [5.74, 6) is -1.22. The Bertz CT molecular complexity index is 216. The van der Waals surface area contributed by atoms with Gasteiger partial charge in [-0.1, -0.05) is 0 Å². The van der Waals surface area contributed by atoms with Gasteiger partial charge in [-0.05, 0) is 26.3 Å². The van der Waals surface area contributed by atoms with Gasteiger partial charge in [0, 0.05) is 6.54 Å². The van der Waals surface area contributed by atoms with E-state index in [2.05, 4.69) is 5.32 Å². The van der Waals surface area contributed by atoms with Gasteiger partial charge >= 0.3 is 6.18 Å². The standard InChI is InChI=1S/C8H16F3N3O/c1-7(13,8(9,10)11)6(15)14-5-3-2-4-12/h2-5,12-13H2,1H3,(H,14,15). The lowest BCUT2D eigenvalue weighted by Crippen LogP contribution is -2.61. The van der Waals surface area contributed by atoms with Gasteiger partial charge in [0.15, 0.2) is 5.54 Å². The topological polar surface area (TPSA) is 81.1 Å². The van der Waals surface area contributed by atoms with E-state index in [9.17, 15) is 18.0 Å². The van der Waals surface area contributed by atoms with Crippen molar-refractivity contribution in [1.82, 2.24) is 5.32 Å². The van der Waals surface area contributed by atoms with Crippen LogP contribution in [0.3, 0.4) is 0 Å². The van der Waals surface area contributed by atoms with Crippen molar-refractivity contribution in [3.05, 3.63) is 0 Å². The quantitative estimate of drug-likeness (QED) is 0.583. The Morgan fingerprint density at radius 3 is 2.27 bits per heavy atom. The van der Waals surface area contributed by atoms with Crippen LogP contribution in [-0.2, 0) is 4.79 Å². The number of nitrogens with two attached hydrogens (primary N) is 2. The van der Waals surface area contributed by atoms with Crippen LogP contribution < -0.4 is 16.8 Å². The molecule has 0 saturated carbocycles. The molecule has 0 radical (unpaired) electrons. The largest absolute Gasteiger partial charge is 0.415 e. The van der Waals surface area contributed by atoms with E-state index < -0.39 is 17.6 Å². The number of hydrogen-bond donors (Lipinski definition) is 3. The molecule has 1 atom stereocenters. The summed E-state index contributed by atoms with van der Waals surface area (Å²) in [5.41, 5.74) is 7.24. The molecule has 5 N–H and O–H groups in total. The molecule has 0 rings (SSSR count). The molecular formula is C8H16F3N3O. The fourth-order valence-electron chi connectivity index (χ4n) is 0.784. The Hall–Kier alpha value is -0.820. The Morgan fingerprint density at radius 2 is 1.87 bits per heavy atom. The van der Waals surface area contributed by atoms with Crippen LogP contribution in [0.15, 0.2) is 0 Å². The third kappa shape index (κ3) is 4.05. The van der Waals surface area contributed by atoms with Crippen LogP contribution in [-0.4, -0.2) is 30.7 Å². The summed E-state index contributed by atoms with van der Waals surface area (Å²) in [5, 5.41) is 2.12. The molecule has 1 amide bonds. The lowest BCUT2D eigenvalue weighted by Gasteiger charge is -2.26. The summed E-state index contributed by atoms with van der Waals surface area (Å²) in [7, 11) is 0. The molecule has 0 bridgehead atoms. The van der Waals surface area contributed by atoms with Crippen LogP contribution in [0.25, 0.3) is 0 Å². The summed E-state index contributed by atoms with van der Waals surface area (Å²) in [6.07, 6.45) is -3.56. The van der Waals surface area contributed by atoms with E-state index in [4.69, 9.17) is 11.5 Å². The SMILES string of the molecule is CC(N)(C(=O)NCCCCN)C(F)(F)F. The molecule has 0 spiro atoms. The normalized spacial score (nSPS) is 15.9. The highest BCUT2D eigenvalue weighted by atomic mass is 19.4. The number of nitrogens with one attached hydrogen (secondary N) is 1. The maximum atomic E-state index is 12.3. The monoisotopic (exact) mass is 227 g/mol. The van der Waals surface area contributed by atoms with Crippen molar-refractivity contribution >= 4 is 5.91 Å². The van der Waals surface area contributed by atoms with Gasteiger partial charge in [-0.15, -0.1) is 0 Å². The van der Waals surface area contributed by atoms with Crippen LogP contribution in [0.4, 0.5) is 13.2 Å². The maximum Gasteiger partial charge on any atom is 0.415 e. The molecule has 15 heavy (non-hydrogen) atoms. The Kier molecular flexibility index (Phi) is 5.02. The summed E-state index contributed by atoms with van der Waals surface area (Å²) in [4.78, 5) is 11.1. The van der Waals surface area contributed by atoms with Crippen LogP contribution >= 0.6 is 0 Å². The minimum atomic E-state index is -4.75. The predicted molar refractivity (Wildman–Crippen MR) is 49.9 cm³/mol. The molecule has 0 aliphatic rings. The molecule has 0 fully saturated rings. The second-order valence-corrected chi connectivity index (χ2v) is 3.45. The average molecular weight is 227 g/mol. The molecule has 0 aromatic carbocycles. The van der Waals surface area contributed by atoms with Gasteiger partial charge in [0.25, 0.3) is 0 Å². The Morgan fingerprint density at radius 1 is 1.33 bits per heavy atom. The molecule has 0 aromatic heterocycles. The van der Waals surface area contributed by atoms with E-state index in [-0.39, 0.29) is 6.54 Å². The fraction of sp³-hybridized carbons (Fsp3) is 0.875. The number of carbonyl (C=O) groups excluding carboxylic acids is 1. The first-order valence-electron chi connectivity index (χ1n) is 4.57. The number of hydrogen-bond acceptors (Lipinski definition) is 3. The van der Waals surface area contributed by atoms with Crippen molar-refractivity contribution in [3.63, 3.8) is 0 Å². The summed E-state index contributed by atoms with van der Waals surface area (Å²) in [6, 6.07) is 0. The maximum absolute atomic E-state index is 12.3. The zero-order chi connectivity index (χ0) is 12.1. The van der Waals surface area contributed by atoms with Crippen molar-refractivity contribution in [2.24, 2.45) is 11.5 Å². The van der Waals surface area contributed by atoms with Crippen LogP contribution in [0.2, 0.25) is 0 Å². The molecule has 0 aliphatic carbocycles. The number of amides is 1. The molecule has 0 saturated heterocycles. The lowest BCUT2D eigenvalue weighted by molar-refractivity contribution is -0.187. The van der Waals surface area contributed by atoms with Gasteiger partial charge in [0.1, 0.15) is 0 Å². The third-order valence-corrected chi connectivity index (χ3v) is 1.98. The molecule has 7 heteroatoms. The molecule has 1 unspecified atom stereocenters. The van der Waals surface area contributed by atoms with E-state index in [1.54, 1.807) is 0 Å². The molecule has 0 aromatic rings. The summed E-state index contributed by atoms with van der Waals surface area (Å²) >= 11 is 0. The third-order valence-electron chi connectivity index (χ3n) is 1.98. The predicted octanol–water partition coefficient (Wildman–Crippen LogP) is 0.121. The first-order valence-corrected chi connectivity index (χ1v) is 4.57. The fourth-order valence-corrected chi connectivity index (χ4v) is 0.784. The van der Waals surface area contributed by atoms with Crippen molar-refractivity contribution in [2.45, 2.75) is 31.5 Å². The van der Waals surface area contributed by atoms with Crippen LogP contribution in [0.5, 0.6) is 0 Å². The van der Waals surface area contributed by atoms with Gasteiger partial charge in [0.2, 0.25) is 5.91 Å². The zero-order valence-corrected chi connectivity index (χ0v) is 8.53. The molecule has 4 nitrogen and oxygen atoms in total. The molecule has 0 heterocycles. The molecule has 90 valence electrons.